The standard InChI is InChI=1S/C15H31NO3/c1-4-18-10-6-9-16-12-13(2)19-15-8-5-7-14(11-15)17-3/h13-16H,4-12H2,1-3H3. The Morgan fingerprint density at radius 1 is 1.26 bits per heavy atom. The van der Waals surface area contributed by atoms with Crippen LogP contribution in [-0.2, 0) is 14.2 Å². The Hall–Kier alpha value is -0.160. The van der Waals surface area contributed by atoms with E-state index >= 15 is 0 Å². The van der Waals surface area contributed by atoms with E-state index in [9.17, 15) is 0 Å². The van der Waals surface area contributed by atoms with Crippen LogP contribution in [0.2, 0.25) is 0 Å². The van der Waals surface area contributed by atoms with Crippen molar-refractivity contribution in [1.82, 2.24) is 5.32 Å². The minimum atomic E-state index is 0.271. The monoisotopic (exact) mass is 273 g/mol. The highest BCUT2D eigenvalue weighted by Gasteiger charge is 2.23. The van der Waals surface area contributed by atoms with Gasteiger partial charge in [-0.25, -0.2) is 0 Å². The van der Waals surface area contributed by atoms with Crippen molar-refractivity contribution in [3.05, 3.63) is 0 Å². The van der Waals surface area contributed by atoms with E-state index in [2.05, 4.69) is 12.2 Å². The van der Waals surface area contributed by atoms with Crippen LogP contribution in [0.15, 0.2) is 0 Å². The van der Waals surface area contributed by atoms with Crippen LogP contribution in [0.3, 0.4) is 0 Å². The molecule has 1 fully saturated rings. The van der Waals surface area contributed by atoms with Gasteiger partial charge >= 0.3 is 0 Å². The smallest absolute Gasteiger partial charge is 0.0675 e. The maximum atomic E-state index is 6.08. The largest absolute Gasteiger partial charge is 0.382 e. The Bertz CT molecular complexity index is 214. The summed E-state index contributed by atoms with van der Waals surface area (Å²) in [5, 5.41) is 3.42. The van der Waals surface area contributed by atoms with Crippen molar-refractivity contribution in [2.45, 2.75) is 64.3 Å². The third-order valence-corrected chi connectivity index (χ3v) is 3.61. The Labute approximate surface area is 118 Å². The van der Waals surface area contributed by atoms with Crippen LogP contribution in [-0.4, -0.2) is 51.7 Å². The van der Waals surface area contributed by atoms with Crippen molar-refractivity contribution >= 4 is 0 Å². The molecule has 114 valence electrons. The summed E-state index contributed by atoms with van der Waals surface area (Å²) >= 11 is 0. The lowest BCUT2D eigenvalue weighted by Gasteiger charge is -2.30. The highest BCUT2D eigenvalue weighted by molar-refractivity contribution is 4.74. The molecule has 0 aromatic rings. The van der Waals surface area contributed by atoms with Gasteiger partial charge in [0.2, 0.25) is 0 Å². The normalized spacial score (nSPS) is 25.4. The van der Waals surface area contributed by atoms with Gasteiger partial charge in [0, 0.05) is 26.9 Å². The predicted octanol–water partition coefficient (Wildman–Crippen LogP) is 2.37. The van der Waals surface area contributed by atoms with Gasteiger partial charge in [0.15, 0.2) is 0 Å². The molecule has 3 unspecified atom stereocenters. The highest BCUT2D eigenvalue weighted by Crippen LogP contribution is 2.23. The van der Waals surface area contributed by atoms with Gasteiger partial charge in [-0.05, 0) is 52.5 Å². The molecule has 0 aliphatic heterocycles. The van der Waals surface area contributed by atoms with Gasteiger partial charge in [-0.1, -0.05) is 0 Å². The van der Waals surface area contributed by atoms with Crippen molar-refractivity contribution in [1.29, 1.82) is 0 Å². The first kappa shape index (κ1) is 16.9. The second-order valence-corrected chi connectivity index (χ2v) is 5.35. The van der Waals surface area contributed by atoms with E-state index in [0.29, 0.717) is 12.2 Å². The first-order chi connectivity index (χ1) is 9.26. The SMILES string of the molecule is CCOCCCNCC(C)OC1CCCC(OC)C1. The Kier molecular flexibility index (Phi) is 9.43. The van der Waals surface area contributed by atoms with E-state index < -0.39 is 0 Å². The number of ether oxygens (including phenoxy) is 3. The third kappa shape index (κ3) is 7.88. The van der Waals surface area contributed by atoms with Crippen molar-refractivity contribution in [3.63, 3.8) is 0 Å². The molecule has 4 heteroatoms. The summed E-state index contributed by atoms with van der Waals surface area (Å²) in [6, 6.07) is 0. The van der Waals surface area contributed by atoms with Crippen molar-refractivity contribution in [2.75, 3.05) is 33.4 Å². The van der Waals surface area contributed by atoms with E-state index in [-0.39, 0.29) is 6.10 Å². The topological polar surface area (TPSA) is 39.7 Å². The molecule has 1 aliphatic carbocycles. The van der Waals surface area contributed by atoms with Crippen molar-refractivity contribution in [3.8, 4) is 0 Å². The van der Waals surface area contributed by atoms with Crippen LogP contribution in [0, 0.1) is 0 Å². The lowest BCUT2D eigenvalue weighted by Crippen LogP contribution is -2.34. The first-order valence-electron chi connectivity index (χ1n) is 7.73. The molecule has 1 aliphatic rings. The summed E-state index contributed by atoms with van der Waals surface area (Å²) in [7, 11) is 1.80. The molecule has 0 aromatic carbocycles. The minimum absolute atomic E-state index is 0.271. The quantitative estimate of drug-likeness (QED) is 0.620. The van der Waals surface area contributed by atoms with Gasteiger partial charge in [0.1, 0.15) is 0 Å². The fourth-order valence-electron chi connectivity index (χ4n) is 2.57. The molecule has 19 heavy (non-hydrogen) atoms. The summed E-state index contributed by atoms with van der Waals surface area (Å²) in [6.07, 6.45) is 6.73. The molecule has 0 bridgehead atoms. The van der Waals surface area contributed by atoms with Crippen molar-refractivity contribution in [2.24, 2.45) is 0 Å². The molecular weight excluding hydrogens is 242 g/mol. The predicted molar refractivity (Wildman–Crippen MR) is 77.6 cm³/mol. The van der Waals surface area contributed by atoms with Gasteiger partial charge in [0.05, 0.1) is 18.3 Å². The summed E-state index contributed by atoms with van der Waals surface area (Å²) in [4.78, 5) is 0. The Morgan fingerprint density at radius 3 is 2.79 bits per heavy atom. The zero-order chi connectivity index (χ0) is 13.9. The second kappa shape index (κ2) is 10.6. The van der Waals surface area contributed by atoms with Gasteiger partial charge in [-0.2, -0.15) is 0 Å². The Morgan fingerprint density at radius 2 is 2.05 bits per heavy atom. The van der Waals surface area contributed by atoms with Gasteiger partial charge in [-0.3, -0.25) is 0 Å². The molecular formula is C15H31NO3. The van der Waals surface area contributed by atoms with Gasteiger partial charge < -0.3 is 19.5 Å². The van der Waals surface area contributed by atoms with Crippen LogP contribution in [0.25, 0.3) is 0 Å². The zero-order valence-electron chi connectivity index (χ0n) is 12.8. The summed E-state index contributed by atoms with van der Waals surface area (Å²) in [5.41, 5.74) is 0. The number of rotatable bonds is 10. The number of hydrogen-bond donors (Lipinski definition) is 1. The highest BCUT2D eigenvalue weighted by atomic mass is 16.5. The molecule has 0 aromatic heterocycles. The molecule has 1 saturated carbocycles. The number of methoxy groups -OCH3 is 1. The molecule has 0 amide bonds. The first-order valence-corrected chi connectivity index (χ1v) is 7.73. The Balaban J connectivity index is 2.02. The maximum absolute atomic E-state index is 6.08. The fourth-order valence-corrected chi connectivity index (χ4v) is 2.57. The molecule has 0 saturated heterocycles. The van der Waals surface area contributed by atoms with Crippen LogP contribution < -0.4 is 5.32 Å². The molecule has 0 radical (unpaired) electrons. The lowest BCUT2D eigenvalue weighted by molar-refractivity contribution is -0.0580. The van der Waals surface area contributed by atoms with Gasteiger partial charge in [0.25, 0.3) is 0 Å². The number of hydrogen-bond acceptors (Lipinski definition) is 4. The maximum Gasteiger partial charge on any atom is 0.0675 e. The fraction of sp³-hybridized carbons (Fsp3) is 1.00. The molecule has 3 atom stereocenters. The second-order valence-electron chi connectivity index (χ2n) is 5.35. The van der Waals surface area contributed by atoms with E-state index in [1.165, 1.54) is 19.3 Å². The average Bonchev–Trinajstić information content (AvgIpc) is 2.43. The summed E-state index contributed by atoms with van der Waals surface area (Å²) in [5.74, 6) is 0. The third-order valence-electron chi connectivity index (χ3n) is 3.61. The lowest BCUT2D eigenvalue weighted by atomic mass is 9.95. The summed E-state index contributed by atoms with van der Waals surface area (Å²) < 4.78 is 16.8. The van der Waals surface area contributed by atoms with Crippen LogP contribution in [0.1, 0.15) is 46.0 Å². The van der Waals surface area contributed by atoms with E-state index in [1.807, 2.05) is 6.92 Å². The molecule has 1 N–H and O–H groups in total. The molecule has 0 heterocycles. The van der Waals surface area contributed by atoms with Gasteiger partial charge in [-0.15, -0.1) is 0 Å². The molecule has 4 nitrogen and oxygen atoms in total. The van der Waals surface area contributed by atoms with E-state index in [4.69, 9.17) is 14.2 Å². The van der Waals surface area contributed by atoms with E-state index in [1.54, 1.807) is 7.11 Å². The summed E-state index contributed by atoms with van der Waals surface area (Å²) in [6.45, 7) is 7.74. The van der Waals surface area contributed by atoms with Crippen LogP contribution in [0.4, 0.5) is 0 Å². The average molecular weight is 273 g/mol. The van der Waals surface area contributed by atoms with Crippen molar-refractivity contribution < 1.29 is 14.2 Å². The van der Waals surface area contributed by atoms with Crippen LogP contribution in [0.5, 0.6) is 0 Å². The zero-order valence-corrected chi connectivity index (χ0v) is 12.8. The molecule has 0 spiro atoms. The molecule has 1 rings (SSSR count). The van der Waals surface area contributed by atoms with E-state index in [0.717, 1.165) is 39.1 Å². The number of nitrogens with one attached hydrogen (secondary N) is 1. The van der Waals surface area contributed by atoms with Crippen LogP contribution >= 0.6 is 0 Å². The minimum Gasteiger partial charge on any atom is -0.382 e.